The summed E-state index contributed by atoms with van der Waals surface area (Å²) in [4.78, 5) is 4.34. The molecular weight excluding hydrogens is 212 g/mol. The number of ether oxygens (including phenoxy) is 1. The van der Waals surface area contributed by atoms with E-state index in [0.29, 0.717) is 12.6 Å². The Labute approximate surface area is 102 Å². The summed E-state index contributed by atoms with van der Waals surface area (Å²) in [6.07, 6.45) is 1.83. The smallest absolute Gasteiger partial charge is 0.0722 e. The van der Waals surface area contributed by atoms with Crippen molar-refractivity contribution in [2.75, 3.05) is 18.5 Å². The zero-order valence-corrected chi connectivity index (χ0v) is 10.3. The number of nitrogens with zero attached hydrogens (tertiary/aromatic N) is 1. The zero-order chi connectivity index (χ0) is 12.1. The van der Waals surface area contributed by atoms with Gasteiger partial charge in [-0.2, -0.15) is 0 Å². The molecule has 0 aliphatic heterocycles. The van der Waals surface area contributed by atoms with Crippen LogP contribution >= 0.6 is 0 Å². The fraction of sp³-hybridized carbons (Fsp3) is 0.357. The molecule has 1 aromatic carbocycles. The lowest BCUT2D eigenvalue weighted by molar-refractivity contribution is 0.141. The van der Waals surface area contributed by atoms with Gasteiger partial charge in [0.2, 0.25) is 0 Å². The van der Waals surface area contributed by atoms with Crippen molar-refractivity contribution >= 4 is 16.6 Å². The van der Waals surface area contributed by atoms with Gasteiger partial charge in [0.15, 0.2) is 0 Å². The van der Waals surface area contributed by atoms with Crippen molar-refractivity contribution in [3.63, 3.8) is 0 Å². The second-order valence-corrected chi connectivity index (χ2v) is 4.08. The van der Waals surface area contributed by atoms with Crippen molar-refractivity contribution in [1.29, 1.82) is 0 Å². The predicted molar refractivity (Wildman–Crippen MR) is 71.3 cm³/mol. The van der Waals surface area contributed by atoms with Gasteiger partial charge in [-0.3, -0.25) is 4.98 Å². The first-order valence-electron chi connectivity index (χ1n) is 5.99. The van der Waals surface area contributed by atoms with Crippen molar-refractivity contribution in [2.24, 2.45) is 0 Å². The van der Waals surface area contributed by atoms with Gasteiger partial charge in [0.05, 0.1) is 12.1 Å². The normalized spacial score (nSPS) is 12.6. The maximum absolute atomic E-state index is 5.40. The van der Waals surface area contributed by atoms with E-state index in [2.05, 4.69) is 23.3 Å². The second kappa shape index (κ2) is 5.64. The molecule has 0 amide bonds. The van der Waals surface area contributed by atoms with Crippen LogP contribution in [0.4, 0.5) is 5.69 Å². The third-order valence-corrected chi connectivity index (χ3v) is 2.62. The number of hydrogen-bond acceptors (Lipinski definition) is 3. The predicted octanol–water partition coefficient (Wildman–Crippen LogP) is 3.07. The molecule has 0 spiro atoms. The maximum Gasteiger partial charge on any atom is 0.0722 e. The quantitative estimate of drug-likeness (QED) is 0.857. The molecule has 1 heterocycles. The van der Waals surface area contributed by atoms with Crippen LogP contribution in [0.2, 0.25) is 0 Å². The molecule has 0 fully saturated rings. The Morgan fingerprint density at radius 2 is 2.12 bits per heavy atom. The van der Waals surface area contributed by atoms with E-state index in [9.17, 15) is 0 Å². The van der Waals surface area contributed by atoms with Gasteiger partial charge in [-0.25, -0.2) is 0 Å². The van der Waals surface area contributed by atoms with E-state index in [0.717, 1.165) is 23.2 Å². The average molecular weight is 230 g/mol. The highest BCUT2D eigenvalue weighted by Gasteiger charge is 2.05. The zero-order valence-electron chi connectivity index (χ0n) is 10.3. The topological polar surface area (TPSA) is 34.1 Å². The SMILES string of the molecule is CCOCC(C)Nc1ccnc2ccccc12. The van der Waals surface area contributed by atoms with E-state index in [1.807, 2.05) is 37.4 Å². The molecule has 3 nitrogen and oxygen atoms in total. The monoisotopic (exact) mass is 230 g/mol. The molecule has 1 aromatic heterocycles. The number of aromatic nitrogens is 1. The summed E-state index contributed by atoms with van der Waals surface area (Å²) in [5.41, 5.74) is 2.13. The lowest BCUT2D eigenvalue weighted by Crippen LogP contribution is -2.21. The largest absolute Gasteiger partial charge is 0.380 e. The van der Waals surface area contributed by atoms with Crippen LogP contribution in [-0.4, -0.2) is 24.2 Å². The Morgan fingerprint density at radius 1 is 1.29 bits per heavy atom. The number of hydrogen-bond donors (Lipinski definition) is 1. The Balaban J connectivity index is 2.18. The highest BCUT2D eigenvalue weighted by Crippen LogP contribution is 2.21. The van der Waals surface area contributed by atoms with Gasteiger partial charge in [-0.15, -0.1) is 0 Å². The molecule has 2 aromatic rings. The fourth-order valence-corrected chi connectivity index (χ4v) is 1.82. The van der Waals surface area contributed by atoms with Crippen molar-refractivity contribution in [3.8, 4) is 0 Å². The summed E-state index contributed by atoms with van der Waals surface area (Å²) in [6.45, 7) is 5.59. The van der Waals surface area contributed by atoms with E-state index in [-0.39, 0.29) is 0 Å². The van der Waals surface area contributed by atoms with Crippen LogP contribution in [0, 0.1) is 0 Å². The van der Waals surface area contributed by atoms with Crippen LogP contribution in [-0.2, 0) is 4.74 Å². The highest BCUT2D eigenvalue weighted by molar-refractivity contribution is 5.90. The molecule has 17 heavy (non-hydrogen) atoms. The minimum atomic E-state index is 0.292. The lowest BCUT2D eigenvalue weighted by Gasteiger charge is -2.16. The third-order valence-electron chi connectivity index (χ3n) is 2.62. The van der Waals surface area contributed by atoms with Gasteiger partial charge >= 0.3 is 0 Å². The molecule has 3 heteroatoms. The maximum atomic E-state index is 5.40. The van der Waals surface area contributed by atoms with Gasteiger partial charge in [0.25, 0.3) is 0 Å². The van der Waals surface area contributed by atoms with Crippen LogP contribution < -0.4 is 5.32 Å². The summed E-state index contributed by atoms with van der Waals surface area (Å²) in [5.74, 6) is 0. The fourth-order valence-electron chi connectivity index (χ4n) is 1.82. The molecule has 2 rings (SSSR count). The number of nitrogens with one attached hydrogen (secondary N) is 1. The third kappa shape index (κ3) is 2.94. The lowest BCUT2D eigenvalue weighted by atomic mass is 10.2. The Morgan fingerprint density at radius 3 is 2.94 bits per heavy atom. The van der Waals surface area contributed by atoms with Gasteiger partial charge < -0.3 is 10.1 Å². The number of para-hydroxylation sites is 1. The summed E-state index contributed by atoms with van der Waals surface area (Å²) >= 11 is 0. The molecule has 0 saturated heterocycles. The molecular formula is C14H18N2O. The Hall–Kier alpha value is -1.61. The van der Waals surface area contributed by atoms with Crippen molar-refractivity contribution in [1.82, 2.24) is 4.98 Å². The molecule has 0 aliphatic rings. The number of pyridine rings is 1. The average Bonchev–Trinajstić information content (AvgIpc) is 2.37. The van der Waals surface area contributed by atoms with Crippen LogP contribution in [0.3, 0.4) is 0 Å². The molecule has 1 unspecified atom stereocenters. The summed E-state index contributed by atoms with van der Waals surface area (Å²) in [5, 5.41) is 4.61. The molecule has 90 valence electrons. The minimum absolute atomic E-state index is 0.292. The number of fused-ring (bicyclic) bond motifs is 1. The van der Waals surface area contributed by atoms with Crippen molar-refractivity contribution < 1.29 is 4.74 Å². The van der Waals surface area contributed by atoms with Crippen LogP contribution in [0.15, 0.2) is 36.5 Å². The molecule has 0 saturated carbocycles. The van der Waals surface area contributed by atoms with E-state index < -0.39 is 0 Å². The van der Waals surface area contributed by atoms with Gasteiger partial charge in [-0.1, -0.05) is 18.2 Å². The standard InChI is InChI=1S/C14H18N2O/c1-3-17-10-11(2)16-14-8-9-15-13-7-5-4-6-12(13)14/h4-9,11H,3,10H2,1-2H3,(H,15,16). The summed E-state index contributed by atoms with van der Waals surface area (Å²) in [6, 6.07) is 10.4. The summed E-state index contributed by atoms with van der Waals surface area (Å²) in [7, 11) is 0. The van der Waals surface area contributed by atoms with Crippen LogP contribution in [0.5, 0.6) is 0 Å². The van der Waals surface area contributed by atoms with E-state index >= 15 is 0 Å². The molecule has 0 radical (unpaired) electrons. The van der Waals surface area contributed by atoms with Crippen LogP contribution in [0.1, 0.15) is 13.8 Å². The summed E-state index contributed by atoms with van der Waals surface area (Å²) < 4.78 is 5.40. The number of anilines is 1. The van der Waals surface area contributed by atoms with Gasteiger partial charge in [0, 0.05) is 29.9 Å². The molecule has 0 aliphatic carbocycles. The first-order valence-corrected chi connectivity index (χ1v) is 5.99. The van der Waals surface area contributed by atoms with Crippen molar-refractivity contribution in [2.45, 2.75) is 19.9 Å². The van der Waals surface area contributed by atoms with E-state index in [1.165, 1.54) is 0 Å². The van der Waals surface area contributed by atoms with Gasteiger partial charge in [-0.05, 0) is 26.0 Å². The molecule has 1 N–H and O–H groups in total. The minimum Gasteiger partial charge on any atom is -0.380 e. The van der Waals surface area contributed by atoms with Crippen LogP contribution in [0.25, 0.3) is 10.9 Å². The Bertz CT molecular complexity index is 479. The van der Waals surface area contributed by atoms with Crippen molar-refractivity contribution in [3.05, 3.63) is 36.5 Å². The first kappa shape index (κ1) is 11.9. The van der Waals surface area contributed by atoms with E-state index in [1.54, 1.807) is 0 Å². The Kier molecular flexibility index (Phi) is 3.94. The first-order chi connectivity index (χ1) is 8.31. The molecule has 1 atom stereocenters. The highest BCUT2D eigenvalue weighted by atomic mass is 16.5. The van der Waals surface area contributed by atoms with E-state index in [4.69, 9.17) is 4.74 Å². The number of rotatable bonds is 5. The molecule has 0 bridgehead atoms. The second-order valence-electron chi connectivity index (χ2n) is 4.08. The number of benzene rings is 1. The van der Waals surface area contributed by atoms with Gasteiger partial charge in [0.1, 0.15) is 0 Å².